The first-order valence-electron chi connectivity index (χ1n) is 18.9. The van der Waals surface area contributed by atoms with Crippen LogP contribution in [0.2, 0.25) is 0 Å². The third-order valence-corrected chi connectivity index (χ3v) is 10.0. The molecule has 3 unspecified atom stereocenters. The first-order chi connectivity index (χ1) is 21.3. The molecule has 2 saturated heterocycles. The van der Waals surface area contributed by atoms with Crippen LogP contribution in [0.25, 0.3) is 0 Å². The highest BCUT2D eigenvalue weighted by molar-refractivity contribution is 5.74. The number of unbranched alkanes of at least 4 members (excludes halogenated alkanes) is 14. The van der Waals surface area contributed by atoms with Gasteiger partial charge in [-0.05, 0) is 71.1 Å². The van der Waals surface area contributed by atoms with E-state index < -0.39 is 18.3 Å². The van der Waals surface area contributed by atoms with Gasteiger partial charge in [0.05, 0.1) is 48.6 Å². The monoisotopic (exact) mass is 627 g/mol. The van der Waals surface area contributed by atoms with Crippen molar-refractivity contribution in [3.8, 4) is 0 Å². The van der Waals surface area contributed by atoms with Gasteiger partial charge in [0.15, 0.2) is 0 Å². The summed E-state index contributed by atoms with van der Waals surface area (Å²) in [6.07, 6.45) is 24.8. The van der Waals surface area contributed by atoms with Crippen LogP contribution in [0.15, 0.2) is 0 Å². The van der Waals surface area contributed by atoms with Crippen LogP contribution >= 0.6 is 0 Å². The number of aliphatic hydroxyl groups excluding tert-OH is 4. The Bertz CT molecular complexity index is 703. The summed E-state index contributed by atoms with van der Waals surface area (Å²) in [6.45, 7) is 4.16. The van der Waals surface area contributed by atoms with Crippen LogP contribution < -0.4 is 0 Å². The Labute approximate surface area is 269 Å². The molecule has 2 rings (SSSR count). The Hall–Kier alpha value is -0.730. The zero-order valence-corrected chi connectivity index (χ0v) is 28.5. The lowest BCUT2D eigenvalue weighted by atomic mass is 9.95. The van der Waals surface area contributed by atoms with E-state index in [0.717, 1.165) is 70.6 Å². The average Bonchev–Trinajstić information content (AvgIpc) is 3.60. The van der Waals surface area contributed by atoms with Crippen LogP contribution in [0, 0.1) is 5.92 Å². The second-order valence-electron chi connectivity index (χ2n) is 14.2. The number of hydrogen-bond acceptors (Lipinski definition) is 7. The van der Waals surface area contributed by atoms with Gasteiger partial charge in [-0.2, -0.15) is 0 Å². The molecule has 2 aliphatic heterocycles. The fraction of sp³-hybridized carbons (Fsp3) is 0.973. The van der Waals surface area contributed by atoms with Crippen LogP contribution in [0.4, 0.5) is 0 Å². The van der Waals surface area contributed by atoms with Crippen molar-refractivity contribution in [2.75, 3.05) is 0 Å². The molecule has 7 nitrogen and oxygen atoms in total. The van der Waals surface area contributed by atoms with Crippen molar-refractivity contribution in [2.45, 2.75) is 224 Å². The number of cyclic esters (lactones) is 1. The highest BCUT2D eigenvalue weighted by atomic mass is 16.5. The lowest BCUT2D eigenvalue weighted by Gasteiger charge is -2.20. The molecule has 8 atom stereocenters. The zero-order chi connectivity index (χ0) is 32.0. The van der Waals surface area contributed by atoms with Crippen molar-refractivity contribution < 1.29 is 34.7 Å². The SMILES string of the molecule is CCCCCCCCCCCCC[C@H](O)[C@@H]1CC[C@@H](CCC[C@@H](O)[C@H](O)CCCCCCCC(O)CC2CC(C)OC2=O)O1. The van der Waals surface area contributed by atoms with E-state index in [1.807, 2.05) is 6.92 Å². The summed E-state index contributed by atoms with van der Waals surface area (Å²) in [7, 11) is 0. The van der Waals surface area contributed by atoms with E-state index in [2.05, 4.69) is 6.92 Å². The maximum absolute atomic E-state index is 11.7. The second-order valence-corrected chi connectivity index (χ2v) is 14.2. The molecule has 260 valence electrons. The van der Waals surface area contributed by atoms with E-state index in [-0.39, 0.29) is 36.3 Å². The molecular weight excluding hydrogens is 556 g/mol. The number of esters is 1. The van der Waals surface area contributed by atoms with E-state index in [9.17, 15) is 25.2 Å². The molecular formula is C37H70O7. The van der Waals surface area contributed by atoms with Crippen LogP contribution in [0.5, 0.6) is 0 Å². The summed E-state index contributed by atoms with van der Waals surface area (Å²) >= 11 is 0. The first-order valence-corrected chi connectivity index (χ1v) is 18.9. The maximum atomic E-state index is 11.7. The Morgan fingerprint density at radius 2 is 1.20 bits per heavy atom. The standard InChI is InChI=1S/C37H70O7/c1-3-4-5-6-7-8-9-10-11-14-18-23-35(41)36-26-25-32(44-36)21-19-24-34(40)33(39)22-17-15-12-13-16-20-31(38)28-30-27-29(2)43-37(30)42/h29-36,38-41H,3-28H2,1-2H3/t29?,30?,31?,32-,33-,34-,35+,36+/m1/s1. The zero-order valence-electron chi connectivity index (χ0n) is 28.5. The fourth-order valence-electron chi connectivity index (χ4n) is 7.11. The van der Waals surface area contributed by atoms with Crippen LogP contribution in [-0.4, -0.2) is 69.1 Å². The van der Waals surface area contributed by atoms with Gasteiger partial charge in [-0.15, -0.1) is 0 Å². The van der Waals surface area contributed by atoms with E-state index in [1.54, 1.807) is 0 Å². The Morgan fingerprint density at radius 3 is 1.77 bits per heavy atom. The lowest BCUT2D eigenvalue weighted by Crippen LogP contribution is -2.27. The van der Waals surface area contributed by atoms with E-state index >= 15 is 0 Å². The van der Waals surface area contributed by atoms with Gasteiger partial charge in [0.25, 0.3) is 0 Å². The summed E-state index contributed by atoms with van der Waals surface area (Å²) in [5.74, 6) is -0.324. The molecule has 0 aliphatic carbocycles. The number of carbonyl (C=O) groups excluding carboxylic acids is 1. The maximum Gasteiger partial charge on any atom is 0.309 e. The van der Waals surface area contributed by atoms with Gasteiger partial charge in [-0.25, -0.2) is 0 Å². The molecule has 2 fully saturated rings. The molecule has 0 amide bonds. The molecule has 0 bridgehead atoms. The van der Waals surface area contributed by atoms with E-state index in [4.69, 9.17) is 9.47 Å². The highest BCUT2D eigenvalue weighted by Crippen LogP contribution is 2.29. The quantitative estimate of drug-likeness (QED) is 0.0515. The van der Waals surface area contributed by atoms with Crippen molar-refractivity contribution in [3.63, 3.8) is 0 Å². The topological polar surface area (TPSA) is 116 Å². The van der Waals surface area contributed by atoms with E-state index in [0.29, 0.717) is 32.1 Å². The summed E-state index contributed by atoms with van der Waals surface area (Å²) in [4.78, 5) is 11.7. The molecule has 0 saturated carbocycles. The highest BCUT2D eigenvalue weighted by Gasteiger charge is 2.33. The molecule has 2 heterocycles. The van der Waals surface area contributed by atoms with Gasteiger partial charge in [-0.3, -0.25) is 4.79 Å². The summed E-state index contributed by atoms with van der Waals surface area (Å²) in [5.41, 5.74) is 0. The Kier molecular flexibility index (Phi) is 21.9. The number of ether oxygens (including phenoxy) is 2. The summed E-state index contributed by atoms with van der Waals surface area (Å²) in [6, 6.07) is 0. The Morgan fingerprint density at radius 1 is 0.682 bits per heavy atom. The minimum Gasteiger partial charge on any atom is -0.462 e. The second kappa shape index (κ2) is 24.4. The van der Waals surface area contributed by atoms with Crippen LogP contribution in [0.1, 0.15) is 181 Å². The predicted molar refractivity (Wildman–Crippen MR) is 177 cm³/mol. The van der Waals surface area contributed by atoms with E-state index in [1.165, 1.54) is 64.2 Å². The Balaban J connectivity index is 1.39. The lowest BCUT2D eigenvalue weighted by molar-refractivity contribution is -0.144. The number of hydrogen-bond donors (Lipinski definition) is 4. The van der Waals surface area contributed by atoms with Crippen molar-refractivity contribution in [1.29, 1.82) is 0 Å². The van der Waals surface area contributed by atoms with Crippen molar-refractivity contribution >= 4 is 5.97 Å². The molecule has 0 aromatic heterocycles. The van der Waals surface area contributed by atoms with Crippen molar-refractivity contribution in [3.05, 3.63) is 0 Å². The molecule has 0 radical (unpaired) electrons. The molecule has 7 heteroatoms. The number of aliphatic hydroxyl groups is 4. The smallest absolute Gasteiger partial charge is 0.309 e. The fourth-order valence-corrected chi connectivity index (χ4v) is 7.11. The van der Waals surface area contributed by atoms with Gasteiger partial charge in [0, 0.05) is 0 Å². The normalized spacial score (nSPS) is 24.8. The largest absolute Gasteiger partial charge is 0.462 e. The van der Waals surface area contributed by atoms with Gasteiger partial charge in [0.1, 0.15) is 0 Å². The van der Waals surface area contributed by atoms with Gasteiger partial charge < -0.3 is 29.9 Å². The summed E-state index contributed by atoms with van der Waals surface area (Å²) < 4.78 is 11.3. The molecule has 4 N–H and O–H groups in total. The van der Waals surface area contributed by atoms with Gasteiger partial charge >= 0.3 is 5.97 Å². The van der Waals surface area contributed by atoms with Gasteiger partial charge in [0.2, 0.25) is 0 Å². The molecule has 44 heavy (non-hydrogen) atoms. The molecule has 0 aromatic rings. The van der Waals surface area contributed by atoms with Gasteiger partial charge in [-0.1, -0.05) is 110 Å². The van der Waals surface area contributed by atoms with Crippen molar-refractivity contribution in [1.82, 2.24) is 0 Å². The van der Waals surface area contributed by atoms with Crippen molar-refractivity contribution in [2.24, 2.45) is 5.92 Å². The molecule has 0 spiro atoms. The average molecular weight is 627 g/mol. The minimum absolute atomic E-state index is 0.0312. The molecule has 2 aliphatic rings. The third-order valence-electron chi connectivity index (χ3n) is 10.0. The number of carbonyl (C=O) groups is 1. The third kappa shape index (κ3) is 17.8. The first kappa shape index (κ1) is 39.4. The van der Waals surface area contributed by atoms with Crippen LogP contribution in [-0.2, 0) is 14.3 Å². The number of rotatable bonds is 28. The minimum atomic E-state index is -0.695. The van der Waals surface area contributed by atoms with Crippen LogP contribution in [0.3, 0.4) is 0 Å². The predicted octanol–water partition coefficient (Wildman–Crippen LogP) is 7.92. The summed E-state index contributed by atoms with van der Waals surface area (Å²) in [5, 5.41) is 41.7. The molecule has 0 aromatic carbocycles.